The molecule has 1 heterocycles. The summed E-state index contributed by atoms with van der Waals surface area (Å²) >= 11 is 0. The van der Waals surface area contributed by atoms with Crippen LogP contribution in [-0.4, -0.2) is 40.8 Å². The number of aryl methyl sites for hydroxylation is 1. The molecule has 1 aromatic rings. The molecule has 0 aromatic carbocycles. The van der Waals surface area contributed by atoms with Gasteiger partial charge in [-0.1, -0.05) is 0 Å². The Hall–Kier alpha value is -0.980. The first-order valence-electron chi connectivity index (χ1n) is 5.99. The van der Waals surface area contributed by atoms with E-state index in [0.29, 0.717) is 19.8 Å². The third-order valence-electron chi connectivity index (χ3n) is 2.43. The highest BCUT2D eigenvalue weighted by atomic mass is 16.7. The Bertz CT molecular complexity index is 310. The molecule has 1 rings (SSSR count). The summed E-state index contributed by atoms with van der Waals surface area (Å²) in [7, 11) is 1.93. The lowest BCUT2D eigenvalue weighted by molar-refractivity contribution is -0.133. The molecule has 17 heavy (non-hydrogen) atoms. The van der Waals surface area contributed by atoms with E-state index < -0.39 is 0 Å². The van der Waals surface area contributed by atoms with E-state index in [1.165, 1.54) is 0 Å². The van der Waals surface area contributed by atoms with Gasteiger partial charge < -0.3 is 19.4 Å². The number of hydrogen-bond donors (Lipinski definition) is 1. The van der Waals surface area contributed by atoms with Crippen LogP contribution < -0.4 is 5.32 Å². The molecule has 0 saturated heterocycles. The molecular weight excluding hydrogens is 220 g/mol. The van der Waals surface area contributed by atoms with Crippen molar-refractivity contribution in [2.45, 2.75) is 33.1 Å². The minimum atomic E-state index is -0.208. The molecule has 0 aliphatic carbocycles. The molecule has 1 N–H and O–H groups in total. The highest BCUT2D eigenvalue weighted by Gasteiger charge is 2.14. The molecule has 1 aromatic heterocycles. The molecule has 6 heteroatoms. The van der Waals surface area contributed by atoms with Crippen LogP contribution in [0.1, 0.15) is 32.6 Å². The predicted octanol–water partition coefficient (Wildman–Crippen LogP) is 0.865. The lowest BCUT2D eigenvalue weighted by Gasteiger charge is -2.20. The zero-order valence-electron chi connectivity index (χ0n) is 11.0. The van der Waals surface area contributed by atoms with Crippen molar-refractivity contribution in [2.24, 2.45) is 7.05 Å². The molecule has 1 unspecified atom stereocenters. The van der Waals surface area contributed by atoms with Gasteiger partial charge in [0.2, 0.25) is 0 Å². The lowest BCUT2D eigenvalue weighted by Crippen LogP contribution is -2.34. The maximum Gasteiger partial charge on any atom is 0.169 e. The normalized spacial score (nSPS) is 13.2. The third kappa shape index (κ3) is 4.41. The quantitative estimate of drug-likeness (QED) is 0.685. The number of rotatable bonds is 8. The summed E-state index contributed by atoms with van der Waals surface area (Å²) in [5.41, 5.74) is 0. The number of nitrogens with zero attached hydrogens (tertiary/aromatic N) is 3. The van der Waals surface area contributed by atoms with Gasteiger partial charge in [0.1, 0.15) is 12.2 Å². The van der Waals surface area contributed by atoms with Gasteiger partial charge in [0.15, 0.2) is 6.29 Å². The molecule has 6 nitrogen and oxygen atoms in total. The first-order valence-corrected chi connectivity index (χ1v) is 5.99. The van der Waals surface area contributed by atoms with E-state index in [2.05, 4.69) is 15.5 Å². The van der Waals surface area contributed by atoms with Crippen LogP contribution in [0.4, 0.5) is 0 Å². The second kappa shape index (κ2) is 7.37. The molecule has 0 radical (unpaired) electrons. The Morgan fingerprint density at radius 3 is 2.47 bits per heavy atom. The van der Waals surface area contributed by atoms with Crippen molar-refractivity contribution in [3.8, 4) is 0 Å². The van der Waals surface area contributed by atoms with Crippen LogP contribution in [0.15, 0.2) is 6.33 Å². The number of hydrogen-bond acceptors (Lipinski definition) is 5. The van der Waals surface area contributed by atoms with Crippen LogP contribution in [0.2, 0.25) is 0 Å². The monoisotopic (exact) mass is 242 g/mol. The standard InChI is InChI=1S/C11H22N4O2/c1-5-16-10(17-6-2)7-12-9(3)11-14-13-8-15(11)4/h8-10,12H,5-7H2,1-4H3. The largest absolute Gasteiger partial charge is 0.352 e. The van der Waals surface area contributed by atoms with Crippen molar-refractivity contribution < 1.29 is 9.47 Å². The average Bonchev–Trinajstić information content (AvgIpc) is 2.72. The van der Waals surface area contributed by atoms with Gasteiger partial charge in [0.05, 0.1) is 6.04 Å². The Labute approximate surface area is 102 Å². The fourth-order valence-electron chi connectivity index (χ4n) is 1.59. The van der Waals surface area contributed by atoms with Crippen LogP contribution in [0, 0.1) is 0 Å². The smallest absolute Gasteiger partial charge is 0.169 e. The van der Waals surface area contributed by atoms with Crippen molar-refractivity contribution in [3.63, 3.8) is 0 Å². The summed E-state index contributed by atoms with van der Waals surface area (Å²) in [5.74, 6) is 0.900. The van der Waals surface area contributed by atoms with E-state index in [1.807, 2.05) is 32.4 Å². The molecular formula is C11H22N4O2. The van der Waals surface area contributed by atoms with Gasteiger partial charge >= 0.3 is 0 Å². The SMILES string of the molecule is CCOC(CNC(C)c1nncn1C)OCC. The maximum absolute atomic E-state index is 5.45. The Morgan fingerprint density at radius 2 is 2.00 bits per heavy atom. The van der Waals surface area contributed by atoms with Crippen LogP contribution in [-0.2, 0) is 16.5 Å². The Kier molecular flexibility index (Phi) is 6.10. The highest BCUT2D eigenvalue weighted by Crippen LogP contribution is 2.07. The highest BCUT2D eigenvalue weighted by molar-refractivity contribution is 4.91. The minimum Gasteiger partial charge on any atom is -0.352 e. The van der Waals surface area contributed by atoms with Crippen LogP contribution in [0.3, 0.4) is 0 Å². The van der Waals surface area contributed by atoms with Gasteiger partial charge in [-0.2, -0.15) is 0 Å². The lowest BCUT2D eigenvalue weighted by atomic mass is 10.3. The predicted molar refractivity (Wildman–Crippen MR) is 64.5 cm³/mol. The zero-order chi connectivity index (χ0) is 12.7. The molecule has 0 bridgehead atoms. The topological polar surface area (TPSA) is 61.2 Å². The Balaban J connectivity index is 2.40. The van der Waals surface area contributed by atoms with Crippen molar-refractivity contribution in [1.82, 2.24) is 20.1 Å². The molecule has 1 atom stereocenters. The summed E-state index contributed by atoms with van der Waals surface area (Å²) in [6.07, 6.45) is 1.48. The van der Waals surface area contributed by atoms with Crippen molar-refractivity contribution in [3.05, 3.63) is 12.2 Å². The van der Waals surface area contributed by atoms with E-state index in [0.717, 1.165) is 5.82 Å². The fraction of sp³-hybridized carbons (Fsp3) is 0.818. The Morgan fingerprint density at radius 1 is 1.35 bits per heavy atom. The van der Waals surface area contributed by atoms with E-state index in [4.69, 9.17) is 9.47 Å². The van der Waals surface area contributed by atoms with Crippen molar-refractivity contribution in [1.29, 1.82) is 0 Å². The van der Waals surface area contributed by atoms with Gasteiger partial charge in [-0.15, -0.1) is 10.2 Å². The number of ether oxygens (including phenoxy) is 2. The van der Waals surface area contributed by atoms with Crippen LogP contribution in [0.5, 0.6) is 0 Å². The van der Waals surface area contributed by atoms with Crippen molar-refractivity contribution in [2.75, 3.05) is 19.8 Å². The minimum absolute atomic E-state index is 0.117. The zero-order valence-corrected chi connectivity index (χ0v) is 11.0. The second-order valence-electron chi connectivity index (χ2n) is 3.77. The molecule has 0 amide bonds. The molecule has 0 saturated carbocycles. The van der Waals surface area contributed by atoms with E-state index in [1.54, 1.807) is 6.33 Å². The van der Waals surface area contributed by atoms with Gasteiger partial charge in [0.25, 0.3) is 0 Å². The van der Waals surface area contributed by atoms with Gasteiger partial charge in [0, 0.05) is 26.8 Å². The first kappa shape index (κ1) is 14.1. The molecule has 0 aliphatic rings. The number of nitrogens with one attached hydrogen (secondary N) is 1. The molecule has 0 spiro atoms. The molecule has 0 aliphatic heterocycles. The van der Waals surface area contributed by atoms with Gasteiger partial charge in [-0.25, -0.2) is 0 Å². The van der Waals surface area contributed by atoms with Gasteiger partial charge in [-0.05, 0) is 20.8 Å². The van der Waals surface area contributed by atoms with Crippen molar-refractivity contribution >= 4 is 0 Å². The molecule has 98 valence electrons. The maximum atomic E-state index is 5.45. The third-order valence-corrected chi connectivity index (χ3v) is 2.43. The summed E-state index contributed by atoms with van der Waals surface area (Å²) < 4.78 is 12.8. The summed E-state index contributed by atoms with van der Waals surface area (Å²) in [6.45, 7) is 7.88. The van der Waals surface area contributed by atoms with E-state index >= 15 is 0 Å². The second-order valence-corrected chi connectivity index (χ2v) is 3.77. The van der Waals surface area contributed by atoms with Crippen LogP contribution >= 0.6 is 0 Å². The van der Waals surface area contributed by atoms with E-state index in [-0.39, 0.29) is 12.3 Å². The van der Waals surface area contributed by atoms with E-state index in [9.17, 15) is 0 Å². The van der Waals surface area contributed by atoms with Crippen LogP contribution in [0.25, 0.3) is 0 Å². The summed E-state index contributed by atoms with van der Waals surface area (Å²) in [4.78, 5) is 0. The number of aromatic nitrogens is 3. The van der Waals surface area contributed by atoms with Gasteiger partial charge in [-0.3, -0.25) is 0 Å². The summed E-state index contributed by atoms with van der Waals surface area (Å²) in [5, 5.41) is 11.2. The molecule has 0 fully saturated rings. The average molecular weight is 242 g/mol. The summed E-state index contributed by atoms with van der Waals surface area (Å²) in [6, 6.07) is 0.117. The fourth-order valence-corrected chi connectivity index (χ4v) is 1.59. The first-order chi connectivity index (χ1) is 8.19.